The number of anilines is 1. The van der Waals surface area contributed by atoms with Crippen molar-refractivity contribution in [1.29, 1.82) is 0 Å². The first-order chi connectivity index (χ1) is 16.0. The van der Waals surface area contributed by atoms with Crippen molar-refractivity contribution in [3.8, 4) is 11.5 Å². The SMILES string of the molecule is O=C(CN(c1ccc2c(c1)OCCO2)S(=O)(=O)c1ccccc1)NCCSc1ccccc1. The highest BCUT2D eigenvalue weighted by Crippen LogP contribution is 2.35. The fraction of sp³-hybridized carbons (Fsp3) is 0.208. The number of sulfonamides is 1. The number of carbonyl (C=O) groups is 1. The molecule has 0 bridgehead atoms. The molecule has 1 N–H and O–H groups in total. The second-order valence-electron chi connectivity index (χ2n) is 7.16. The number of rotatable bonds is 9. The first kappa shape index (κ1) is 23.0. The van der Waals surface area contributed by atoms with E-state index < -0.39 is 15.9 Å². The van der Waals surface area contributed by atoms with E-state index in [0.29, 0.717) is 42.7 Å². The lowest BCUT2D eigenvalue weighted by Gasteiger charge is -2.26. The zero-order valence-electron chi connectivity index (χ0n) is 17.8. The van der Waals surface area contributed by atoms with Crippen molar-refractivity contribution < 1.29 is 22.7 Å². The largest absolute Gasteiger partial charge is 0.486 e. The molecule has 3 aromatic rings. The number of ether oxygens (including phenoxy) is 2. The lowest BCUT2D eigenvalue weighted by Crippen LogP contribution is -2.41. The van der Waals surface area contributed by atoms with E-state index in [2.05, 4.69) is 5.32 Å². The Morgan fingerprint density at radius 3 is 2.30 bits per heavy atom. The second-order valence-corrected chi connectivity index (χ2v) is 10.2. The smallest absolute Gasteiger partial charge is 0.264 e. The van der Waals surface area contributed by atoms with E-state index in [1.165, 1.54) is 12.1 Å². The van der Waals surface area contributed by atoms with Gasteiger partial charge in [-0.15, -0.1) is 11.8 Å². The van der Waals surface area contributed by atoms with Crippen molar-refractivity contribution in [1.82, 2.24) is 5.32 Å². The molecule has 9 heteroatoms. The molecular formula is C24H24N2O5S2. The molecule has 0 aliphatic carbocycles. The van der Waals surface area contributed by atoms with Crippen LogP contribution in [0.1, 0.15) is 0 Å². The summed E-state index contributed by atoms with van der Waals surface area (Å²) in [4.78, 5) is 13.9. The number of carbonyl (C=O) groups excluding carboxylic acids is 1. The highest BCUT2D eigenvalue weighted by Gasteiger charge is 2.28. The van der Waals surface area contributed by atoms with Crippen LogP contribution in [-0.2, 0) is 14.8 Å². The number of amides is 1. The summed E-state index contributed by atoms with van der Waals surface area (Å²) in [6, 6.07) is 22.8. The summed E-state index contributed by atoms with van der Waals surface area (Å²) in [5, 5.41) is 2.82. The summed E-state index contributed by atoms with van der Waals surface area (Å²) in [6.45, 7) is 0.870. The topological polar surface area (TPSA) is 84.9 Å². The average molecular weight is 485 g/mol. The van der Waals surface area contributed by atoms with Crippen molar-refractivity contribution in [3.05, 3.63) is 78.9 Å². The third-order valence-corrected chi connectivity index (χ3v) is 7.67. The Balaban J connectivity index is 1.50. The van der Waals surface area contributed by atoms with Crippen molar-refractivity contribution in [3.63, 3.8) is 0 Å². The van der Waals surface area contributed by atoms with Gasteiger partial charge in [0.2, 0.25) is 5.91 Å². The number of hydrogen-bond acceptors (Lipinski definition) is 6. The van der Waals surface area contributed by atoms with Crippen LogP contribution in [0.5, 0.6) is 11.5 Å². The molecule has 0 spiro atoms. The fourth-order valence-corrected chi connectivity index (χ4v) is 5.51. The van der Waals surface area contributed by atoms with E-state index in [-0.39, 0.29) is 11.4 Å². The highest BCUT2D eigenvalue weighted by atomic mass is 32.2. The molecule has 3 aromatic carbocycles. The summed E-state index contributed by atoms with van der Waals surface area (Å²) >= 11 is 1.62. The van der Waals surface area contributed by atoms with Gasteiger partial charge in [0.05, 0.1) is 10.6 Å². The Kier molecular flexibility index (Phi) is 7.41. The third-order valence-electron chi connectivity index (χ3n) is 4.87. The molecule has 0 atom stereocenters. The van der Waals surface area contributed by atoms with Gasteiger partial charge in [-0.25, -0.2) is 8.42 Å². The monoisotopic (exact) mass is 484 g/mol. The predicted octanol–water partition coefficient (Wildman–Crippen LogP) is 3.56. The summed E-state index contributed by atoms with van der Waals surface area (Å²) in [6.07, 6.45) is 0. The maximum absolute atomic E-state index is 13.4. The molecule has 1 aliphatic rings. The van der Waals surface area contributed by atoms with Gasteiger partial charge < -0.3 is 14.8 Å². The van der Waals surface area contributed by atoms with Crippen molar-refractivity contribution >= 4 is 33.4 Å². The number of nitrogens with zero attached hydrogens (tertiary/aromatic N) is 1. The Labute approximate surface area is 197 Å². The molecule has 0 radical (unpaired) electrons. The normalized spacial score (nSPS) is 12.7. The van der Waals surface area contributed by atoms with Crippen LogP contribution in [0.3, 0.4) is 0 Å². The fourth-order valence-electron chi connectivity index (χ4n) is 3.28. The zero-order valence-corrected chi connectivity index (χ0v) is 19.5. The van der Waals surface area contributed by atoms with Gasteiger partial charge in [0.15, 0.2) is 11.5 Å². The number of nitrogens with one attached hydrogen (secondary N) is 1. The standard InChI is InChI=1S/C24H24N2O5S2/c27-24(25-13-16-32-20-7-3-1-4-8-20)18-26(33(28,29)21-9-5-2-6-10-21)19-11-12-22-23(17-19)31-15-14-30-22/h1-12,17H,13-16,18H2,(H,25,27). The first-order valence-electron chi connectivity index (χ1n) is 10.5. The molecule has 33 heavy (non-hydrogen) atoms. The lowest BCUT2D eigenvalue weighted by molar-refractivity contribution is -0.119. The zero-order chi connectivity index (χ0) is 23.1. The molecule has 1 amide bonds. The minimum atomic E-state index is -3.98. The number of hydrogen-bond donors (Lipinski definition) is 1. The Hall–Kier alpha value is -3.17. The number of fused-ring (bicyclic) bond motifs is 1. The van der Waals surface area contributed by atoms with Gasteiger partial charge in [-0.3, -0.25) is 9.10 Å². The Morgan fingerprint density at radius 1 is 0.909 bits per heavy atom. The van der Waals surface area contributed by atoms with Gasteiger partial charge in [0, 0.05) is 23.3 Å². The maximum atomic E-state index is 13.4. The summed E-state index contributed by atoms with van der Waals surface area (Å²) in [5.74, 6) is 1.28. The van der Waals surface area contributed by atoms with Gasteiger partial charge in [0.25, 0.3) is 10.0 Å². The first-order valence-corrected chi connectivity index (χ1v) is 12.9. The van der Waals surface area contributed by atoms with E-state index in [4.69, 9.17) is 9.47 Å². The van der Waals surface area contributed by atoms with E-state index in [1.54, 1.807) is 48.2 Å². The molecule has 0 saturated carbocycles. The Morgan fingerprint density at radius 2 is 1.58 bits per heavy atom. The van der Waals surface area contributed by atoms with Crippen LogP contribution in [0.2, 0.25) is 0 Å². The molecule has 1 aliphatic heterocycles. The maximum Gasteiger partial charge on any atom is 0.264 e. The predicted molar refractivity (Wildman–Crippen MR) is 129 cm³/mol. The van der Waals surface area contributed by atoms with Gasteiger partial charge in [-0.05, 0) is 36.4 Å². The lowest BCUT2D eigenvalue weighted by atomic mass is 10.2. The van der Waals surface area contributed by atoms with Crippen LogP contribution < -0.4 is 19.1 Å². The third kappa shape index (κ3) is 5.80. The van der Waals surface area contributed by atoms with E-state index in [9.17, 15) is 13.2 Å². The summed E-state index contributed by atoms with van der Waals surface area (Å²) in [7, 11) is -3.98. The number of thioether (sulfide) groups is 1. The van der Waals surface area contributed by atoms with Crippen molar-refractivity contribution in [2.45, 2.75) is 9.79 Å². The van der Waals surface area contributed by atoms with Crippen LogP contribution in [0.4, 0.5) is 5.69 Å². The van der Waals surface area contributed by atoms with Crippen LogP contribution in [0, 0.1) is 0 Å². The van der Waals surface area contributed by atoms with Crippen LogP contribution in [0.25, 0.3) is 0 Å². The molecule has 0 fully saturated rings. The van der Waals surface area contributed by atoms with E-state index in [1.807, 2.05) is 30.3 Å². The van der Waals surface area contributed by atoms with Crippen molar-refractivity contribution in [2.75, 3.05) is 36.4 Å². The van der Waals surface area contributed by atoms with Crippen LogP contribution >= 0.6 is 11.8 Å². The molecule has 0 aromatic heterocycles. The molecule has 172 valence electrons. The highest BCUT2D eigenvalue weighted by molar-refractivity contribution is 7.99. The van der Waals surface area contributed by atoms with Crippen LogP contribution in [0.15, 0.2) is 88.7 Å². The minimum absolute atomic E-state index is 0.104. The van der Waals surface area contributed by atoms with E-state index >= 15 is 0 Å². The summed E-state index contributed by atoms with van der Waals surface area (Å²) < 4.78 is 39.1. The summed E-state index contributed by atoms with van der Waals surface area (Å²) in [5.41, 5.74) is 0.330. The molecule has 0 saturated heterocycles. The van der Waals surface area contributed by atoms with Gasteiger partial charge in [-0.2, -0.15) is 0 Å². The molecule has 0 unspecified atom stereocenters. The molecule has 1 heterocycles. The average Bonchev–Trinajstić information content (AvgIpc) is 2.86. The second kappa shape index (κ2) is 10.6. The van der Waals surface area contributed by atoms with Crippen LogP contribution in [-0.4, -0.2) is 46.4 Å². The minimum Gasteiger partial charge on any atom is -0.486 e. The van der Waals surface area contributed by atoms with E-state index in [0.717, 1.165) is 9.20 Å². The van der Waals surface area contributed by atoms with Gasteiger partial charge in [-0.1, -0.05) is 36.4 Å². The van der Waals surface area contributed by atoms with Crippen molar-refractivity contribution in [2.24, 2.45) is 0 Å². The van der Waals surface area contributed by atoms with Gasteiger partial charge >= 0.3 is 0 Å². The molecule has 4 rings (SSSR count). The number of benzene rings is 3. The quantitative estimate of drug-likeness (QED) is 0.369. The Bertz CT molecular complexity index is 1190. The molecule has 7 nitrogen and oxygen atoms in total. The van der Waals surface area contributed by atoms with Gasteiger partial charge in [0.1, 0.15) is 19.8 Å². The molecular weight excluding hydrogens is 460 g/mol.